The van der Waals surface area contributed by atoms with Crippen molar-refractivity contribution in [3.63, 3.8) is 0 Å². The fraction of sp³-hybridized carbons (Fsp3) is 0.933. The van der Waals surface area contributed by atoms with Crippen molar-refractivity contribution in [1.29, 1.82) is 0 Å². The summed E-state index contributed by atoms with van der Waals surface area (Å²) < 4.78 is 5.75. The lowest BCUT2D eigenvalue weighted by atomic mass is 9.87. The number of hydrogen-bond acceptors (Lipinski definition) is 3. The van der Waals surface area contributed by atoms with Gasteiger partial charge >= 0.3 is 0 Å². The van der Waals surface area contributed by atoms with Crippen molar-refractivity contribution in [2.24, 2.45) is 11.1 Å². The minimum atomic E-state index is -0.242. The number of nitrogens with two attached hydrogens (primary N) is 1. The van der Waals surface area contributed by atoms with Gasteiger partial charge in [-0.1, -0.05) is 20.8 Å². The van der Waals surface area contributed by atoms with E-state index in [9.17, 15) is 4.79 Å². The molecule has 19 heavy (non-hydrogen) atoms. The van der Waals surface area contributed by atoms with Gasteiger partial charge in [0.2, 0.25) is 0 Å². The summed E-state index contributed by atoms with van der Waals surface area (Å²) in [5.41, 5.74) is 5.88. The van der Waals surface area contributed by atoms with Crippen LogP contribution in [0.25, 0.3) is 0 Å². The molecule has 0 aromatic rings. The van der Waals surface area contributed by atoms with Gasteiger partial charge in [-0.15, -0.1) is 0 Å². The molecule has 2 N–H and O–H groups in total. The molecule has 110 valence electrons. The van der Waals surface area contributed by atoms with Crippen molar-refractivity contribution in [2.45, 2.75) is 71.1 Å². The van der Waals surface area contributed by atoms with Crippen molar-refractivity contribution in [2.75, 3.05) is 13.1 Å². The molecule has 0 spiro atoms. The number of carbonyl (C=O) groups excluding carboxylic acids is 1. The molecular formula is C15H28N2O2. The zero-order valence-electron chi connectivity index (χ0n) is 12.5. The maximum absolute atomic E-state index is 12.6. The Morgan fingerprint density at radius 2 is 2.05 bits per heavy atom. The van der Waals surface area contributed by atoms with E-state index in [1.54, 1.807) is 0 Å². The SMILES string of the molecule is CC(C)(C)CC1CCCN1C(=O)[C@@H]1CC[C@H](CN)O1. The van der Waals surface area contributed by atoms with E-state index >= 15 is 0 Å². The third-order valence-electron chi connectivity index (χ3n) is 4.15. The van der Waals surface area contributed by atoms with Crippen LogP contribution in [-0.2, 0) is 9.53 Å². The van der Waals surface area contributed by atoms with Crippen LogP contribution in [0.1, 0.15) is 52.9 Å². The number of carbonyl (C=O) groups is 1. The molecule has 0 aliphatic carbocycles. The topological polar surface area (TPSA) is 55.6 Å². The van der Waals surface area contributed by atoms with Crippen molar-refractivity contribution in [3.05, 3.63) is 0 Å². The fourth-order valence-corrected chi connectivity index (χ4v) is 3.29. The van der Waals surface area contributed by atoms with E-state index in [0.29, 0.717) is 12.6 Å². The first kappa shape index (κ1) is 14.8. The summed E-state index contributed by atoms with van der Waals surface area (Å²) in [7, 11) is 0. The third-order valence-corrected chi connectivity index (χ3v) is 4.15. The van der Waals surface area contributed by atoms with Crippen LogP contribution in [0.4, 0.5) is 0 Å². The first-order chi connectivity index (χ1) is 8.90. The van der Waals surface area contributed by atoms with E-state index in [0.717, 1.165) is 38.6 Å². The quantitative estimate of drug-likeness (QED) is 0.851. The largest absolute Gasteiger partial charge is 0.364 e. The highest BCUT2D eigenvalue weighted by atomic mass is 16.5. The zero-order valence-corrected chi connectivity index (χ0v) is 12.5. The summed E-state index contributed by atoms with van der Waals surface area (Å²) in [5.74, 6) is 0.197. The Morgan fingerprint density at radius 3 is 2.63 bits per heavy atom. The van der Waals surface area contributed by atoms with Gasteiger partial charge in [0.1, 0.15) is 6.10 Å². The molecular weight excluding hydrogens is 240 g/mol. The van der Waals surface area contributed by atoms with Crippen LogP contribution < -0.4 is 5.73 Å². The molecule has 1 unspecified atom stereocenters. The standard InChI is InChI=1S/C15H28N2O2/c1-15(2,3)9-11-5-4-8-17(11)14(18)13-7-6-12(10-16)19-13/h11-13H,4-10,16H2,1-3H3/t11?,12-,13+/m1/s1. The average Bonchev–Trinajstić information content (AvgIpc) is 2.94. The Morgan fingerprint density at radius 1 is 1.32 bits per heavy atom. The second kappa shape index (κ2) is 5.80. The van der Waals surface area contributed by atoms with Crippen molar-refractivity contribution >= 4 is 5.91 Å². The molecule has 2 heterocycles. The number of rotatable bonds is 3. The summed E-state index contributed by atoms with van der Waals surface area (Å²) in [6.45, 7) is 8.14. The Balaban J connectivity index is 1.94. The minimum absolute atomic E-state index is 0.0811. The van der Waals surface area contributed by atoms with Crippen molar-refractivity contribution in [1.82, 2.24) is 4.90 Å². The molecule has 2 saturated heterocycles. The lowest BCUT2D eigenvalue weighted by Gasteiger charge is -2.31. The third kappa shape index (κ3) is 3.69. The molecule has 4 nitrogen and oxygen atoms in total. The maximum atomic E-state index is 12.6. The van der Waals surface area contributed by atoms with Crippen LogP contribution >= 0.6 is 0 Å². The summed E-state index contributed by atoms with van der Waals surface area (Å²) in [4.78, 5) is 14.6. The van der Waals surface area contributed by atoms with E-state index < -0.39 is 0 Å². The highest BCUT2D eigenvalue weighted by Crippen LogP contribution is 2.31. The summed E-state index contributed by atoms with van der Waals surface area (Å²) in [6.07, 6.45) is 4.93. The van der Waals surface area contributed by atoms with Gasteiger partial charge < -0.3 is 15.4 Å². The van der Waals surface area contributed by atoms with Gasteiger partial charge in [0.05, 0.1) is 6.10 Å². The van der Waals surface area contributed by atoms with Gasteiger partial charge in [0.15, 0.2) is 0 Å². The molecule has 0 aromatic carbocycles. The molecule has 2 fully saturated rings. The van der Waals surface area contributed by atoms with Crippen LogP contribution in [0, 0.1) is 5.41 Å². The second-order valence-electron chi connectivity index (χ2n) is 7.15. The maximum Gasteiger partial charge on any atom is 0.251 e. The lowest BCUT2D eigenvalue weighted by Crippen LogP contribution is -2.43. The van der Waals surface area contributed by atoms with Crippen LogP contribution in [0.15, 0.2) is 0 Å². The summed E-state index contributed by atoms with van der Waals surface area (Å²) in [5, 5.41) is 0. The van der Waals surface area contributed by atoms with Crippen LogP contribution in [-0.4, -0.2) is 42.1 Å². The molecule has 2 aliphatic rings. The van der Waals surface area contributed by atoms with Gasteiger partial charge in [-0.25, -0.2) is 0 Å². The van der Waals surface area contributed by atoms with E-state index in [1.165, 1.54) is 0 Å². The number of ether oxygens (including phenoxy) is 1. The average molecular weight is 268 g/mol. The van der Waals surface area contributed by atoms with Crippen molar-refractivity contribution in [3.8, 4) is 0 Å². The molecule has 0 radical (unpaired) electrons. The fourth-order valence-electron chi connectivity index (χ4n) is 3.29. The van der Waals surface area contributed by atoms with E-state index in [2.05, 4.69) is 25.7 Å². The van der Waals surface area contributed by atoms with Gasteiger partial charge in [0, 0.05) is 19.1 Å². The first-order valence-corrected chi connectivity index (χ1v) is 7.57. The van der Waals surface area contributed by atoms with E-state index in [4.69, 9.17) is 10.5 Å². The molecule has 0 bridgehead atoms. The Bertz CT molecular complexity index is 325. The van der Waals surface area contributed by atoms with Gasteiger partial charge in [0.25, 0.3) is 5.91 Å². The van der Waals surface area contributed by atoms with Crippen molar-refractivity contribution < 1.29 is 9.53 Å². The highest BCUT2D eigenvalue weighted by Gasteiger charge is 2.38. The number of likely N-dealkylation sites (tertiary alicyclic amines) is 1. The monoisotopic (exact) mass is 268 g/mol. The van der Waals surface area contributed by atoms with Crippen LogP contribution in [0.5, 0.6) is 0 Å². The predicted molar refractivity (Wildman–Crippen MR) is 75.8 cm³/mol. The minimum Gasteiger partial charge on any atom is -0.364 e. The van der Waals surface area contributed by atoms with Gasteiger partial charge in [-0.05, 0) is 37.5 Å². The number of hydrogen-bond donors (Lipinski definition) is 1. The van der Waals surface area contributed by atoms with E-state index in [-0.39, 0.29) is 23.5 Å². The molecule has 3 atom stereocenters. The summed E-state index contributed by atoms with van der Waals surface area (Å²) in [6, 6.07) is 0.396. The molecule has 2 aliphatic heterocycles. The second-order valence-corrected chi connectivity index (χ2v) is 7.15. The zero-order chi connectivity index (χ0) is 14.0. The molecule has 0 aromatic heterocycles. The predicted octanol–water partition coefficient (Wildman–Crippen LogP) is 1.92. The normalized spacial score (nSPS) is 32.0. The highest BCUT2D eigenvalue weighted by molar-refractivity contribution is 5.81. The van der Waals surface area contributed by atoms with Crippen LogP contribution in [0.3, 0.4) is 0 Å². The Labute approximate surface area is 116 Å². The molecule has 4 heteroatoms. The number of nitrogens with zero attached hydrogens (tertiary/aromatic N) is 1. The Hall–Kier alpha value is -0.610. The molecule has 0 saturated carbocycles. The van der Waals surface area contributed by atoms with E-state index in [1.807, 2.05) is 0 Å². The molecule has 1 amide bonds. The lowest BCUT2D eigenvalue weighted by molar-refractivity contribution is -0.144. The Kier molecular flexibility index (Phi) is 4.51. The molecule has 2 rings (SSSR count). The van der Waals surface area contributed by atoms with Gasteiger partial charge in [-0.3, -0.25) is 4.79 Å². The smallest absolute Gasteiger partial charge is 0.251 e. The number of amides is 1. The summed E-state index contributed by atoms with van der Waals surface area (Å²) >= 11 is 0. The van der Waals surface area contributed by atoms with Gasteiger partial charge in [-0.2, -0.15) is 0 Å². The first-order valence-electron chi connectivity index (χ1n) is 7.57. The van der Waals surface area contributed by atoms with Crippen LogP contribution in [0.2, 0.25) is 0 Å².